The van der Waals surface area contributed by atoms with E-state index in [2.05, 4.69) is 82.3 Å². The van der Waals surface area contributed by atoms with Gasteiger partial charge in [0.25, 0.3) is 0 Å². The van der Waals surface area contributed by atoms with Gasteiger partial charge in [-0.3, -0.25) is 4.90 Å². The van der Waals surface area contributed by atoms with Gasteiger partial charge in [-0.25, -0.2) is 0 Å². The number of nitrogens with one attached hydrogen (secondary N) is 1. The molecule has 0 spiro atoms. The lowest BCUT2D eigenvalue weighted by atomic mass is 10.1. The monoisotopic (exact) mass is 436 g/mol. The van der Waals surface area contributed by atoms with Crippen molar-refractivity contribution in [3.05, 3.63) is 65.9 Å². The number of hydrogen-bond acceptors (Lipinski definition) is 3. The topological polar surface area (TPSA) is 32.7 Å². The molecule has 4 rings (SSSR count). The fourth-order valence-corrected chi connectivity index (χ4v) is 4.49. The summed E-state index contributed by atoms with van der Waals surface area (Å²) in [6, 6.07) is 16.9. The summed E-state index contributed by atoms with van der Waals surface area (Å²) in [5, 5.41) is 5.57. The molecule has 5 nitrogen and oxygen atoms in total. The standard InChI is InChI=1S/C25H32N4OS/c1-20-8-3-5-10-23(20)26-25(31)29(13-7-12-28-14-16-30-17-15-28)19-21-18-27(2)24-11-6-4-9-22(21)24/h3-6,8-11,18H,7,12-17,19H2,1-2H3,(H,26,31). The molecule has 0 unspecified atom stereocenters. The van der Waals surface area contributed by atoms with Crippen LogP contribution < -0.4 is 5.32 Å². The molecule has 0 atom stereocenters. The van der Waals surface area contributed by atoms with E-state index in [0.29, 0.717) is 0 Å². The van der Waals surface area contributed by atoms with Crippen molar-refractivity contribution in [3.8, 4) is 0 Å². The van der Waals surface area contributed by atoms with Crippen LogP contribution in [0, 0.1) is 6.92 Å². The predicted molar refractivity (Wildman–Crippen MR) is 133 cm³/mol. The van der Waals surface area contributed by atoms with E-state index in [-0.39, 0.29) is 0 Å². The molecule has 0 aliphatic carbocycles. The molecule has 1 aromatic heterocycles. The van der Waals surface area contributed by atoms with Gasteiger partial charge in [-0.05, 0) is 48.8 Å². The molecule has 3 aromatic rings. The van der Waals surface area contributed by atoms with Gasteiger partial charge in [0.2, 0.25) is 0 Å². The van der Waals surface area contributed by atoms with Gasteiger partial charge in [0.05, 0.1) is 13.2 Å². The molecule has 0 bridgehead atoms. The molecule has 1 fully saturated rings. The summed E-state index contributed by atoms with van der Waals surface area (Å²) in [5.74, 6) is 0. The first kappa shape index (κ1) is 21.8. The van der Waals surface area contributed by atoms with Gasteiger partial charge >= 0.3 is 0 Å². The van der Waals surface area contributed by atoms with E-state index < -0.39 is 0 Å². The molecule has 164 valence electrons. The molecule has 1 aliphatic rings. The Morgan fingerprint density at radius 1 is 1.10 bits per heavy atom. The van der Waals surface area contributed by atoms with Crippen LogP contribution >= 0.6 is 12.2 Å². The Balaban J connectivity index is 1.49. The second-order valence-corrected chi connectivity index (χ2v) is 8.64. The Labute approximate surface area is 190 Å². The third-order valence-corrected chi connectivity index (χ3v) is 6.38. The Morgan fingerprint density at radius 3 is 2.65 bits per heavy atom. The van der Waals surface area contributed by atoms with E-state index in [1.54, 1.807) is 0 Å². The Hall–Kier alpha value is -2.41. The van der Waals surface area contributed by atoms with Crippen molar-refractivity contribution >= 4 is 33.9 Å². The number of benzene rings is 2. The van der Waals surface area contributed by atoms with Crippen LogP contribution in [0.25, 0.3) is 10.9 Å². The number of rotatable bonds is 7. The molecule has 0 amide bonds. The highest BCUT2D eigenvalue weighted by molar-refractivity contribution is 7.80. The highest BCUT2D eigenvalue weighted by Gasteiger charge is 2.16. The third-order valence-electron chi connectivity index (χ3n) is 6.02. The van der Waals surface area contributed by atoms with Crippen molar-refractivity contribution in [1.29, 1.82) is 0 Å². The van der Waals surface area contributed by atoms with Gasteiger partial charge in [-0.1, -0.05) is 36.4 Å². The second kappa shape index (κ2) is 10.3. The average molecular weight is 437 g/mol. The highest BCUT2D eigenvalue weighted by Crippen LogP contribution is 2.23. The number of thiocarbonyl (C=S) groups is 1. The maximum atomic E-state index is 5.89. The Bertz CT molecular complexity index is 1030. The number of aromatic nitrogens is 1. The van der Waals surface area contributed by atoms with Crippen LogP contribution in [0.4, 0.5) is 5.69 Å². The van der Waals surface area contributed by atoms with E-state index in [9.17, 15) is 0 Å². The molecule has 1 N–H and O–H groups in total. The summed E-state index contributed by atoms with van der Waals surface area (Å²) in [6.07, 6.45) is 3.30. The van der Waals surface area contributed by atoms with Crippen LogP contribution in [0.3, 0.4) is 0 Å². The molecule has 31 heavy (non-hydrogen) atoms. The zero-order valence-corrected chi connectivity index (χ0v) is 19.3. The minimum Gasteiger partial charge on any atom is -0.379 e. The number of hydrogen-bond donors (Lipinski definition) is 1. The fraction of sp³-hybridized carbons (Fsp3) is 0.400. The minimum absolute atomic E-state index is 0.782. The van der Waals surface area contributed by atoms with E-state index >= 15 is 0 Å². The largest absolute Gasteiger partial charge is 0.379 e. The van der Waals surface area contributed by atoms with Gasteiger partial charge in [-0.2, -0.15) is 0 Å². The Morgan fingerprint density at radius 2 is 1.84 bits per heavy atom. The summed E-state index contributed by atoms with van der Waals surface area (Å²) in [7, 11) is 2.11. The van der Waals surface area contributed by atoms with Crippen LogP contribution in [0.5, 0.6) is 0 Å². The fourth-order valence-electron chi connectivity index (χ4n) is 4.23. The molecule has 1 aliphatic heterocycles. The highest BCUT2D eigenvalue weighted by atomic mass is 32.1. The first-order valence-corrected chi connectivity index (χ1v) is 11.5. The summed E-state index contributed by atoms with van der Waals surface area (Å²) < 4.78 is 7.68. The molecule has 2 aromatic carbocycles. The van der Waals surface area contributed by atoms with Crippen LogP contribution in [0.2, 0.25) is 0 Å². The lowest BCUT2D eigenvalue weighted by Gasteiger charge is -2.29. The van der Waals surface area contributed by atoms with Crippen LogP contribution in [0.1, 0.15) is 17.5 Å². The number of ether oxygens (including phenoxy) is 1. The molecule has 0 saturated carbocycles. The number of morpholine rings is 1. The Kier molecular flexibility index (Phi) is 7.22. The quantitative estimate of drug-likeness (QED) is 0.555. The van der Waals surface area contributed by atoms with Crippen molar-refractivity contribution in [2.45, 2.75) is 19.9 Å². The number of anilines is 1. The van der Waals surface area contributed by atoms with Crippen molar-refractivity contribution in [3.63, 3.8) is 0 Å². The second-order valence-electron chi connectivity index (χ2n) is 8.26. The maximum absolute atomic E-state index is 5.89. The molecule has 0 radical (unpaired) electrons. The zero-order valence-electron chi connectivity index (χ0n) is 18.5. The van der Waals surface area contributed by atoms with Gasteiger partial charge in [0, 0.05) is 62.6 Å². The first-order chi connectivity index (χ1) is 15.1. The van der Waals surface area contributed by atoms with Crippen molar-refractivity contribution in [1.82, 2.24) is 14.4 Å². The van der Waals surface area contributed by atoms with E-state index in [1.807, 2.05) is 6.07 Å². The van der Waals surface area contributed by atoms with Crippen LogP contribution in [-0.4, -0.2) is 58.9 Å². The summed E-state index contributed by atoms with van der Waals surface area (Å²) in [4.78, 5) is 4.79. The van der Waals surface area contributed by atoms with Gasteiger partial charge in [0.15, 0.2) is 5.11 Å². The predicted octanol–water partition coefficient (Wildman–Crippen LogP) is 4.41. The third kappa shape index (κ3) is 5.45. The number of aryl methyl sites for hydroxylation is 2. The van der Waals surface area contributed by atoms with Crippen LogP contribution in [-0.2, 0) is 18.3 Å². The number of nitrogens with zero attached hydrogens (tertiary/aromatic N) is 3. The average Bonchev–Trinajstić information content (AvgIpc) is 3.11. The van der Waals surface area contributed by atoms with Gasteiger partial charge < -0.3 is 19.5 Å². The molecule has 6 heteroatoms. The molecule has 1 saturated heterocycles. The number of fused-ring (bicyclic) bond motifs is 1. The smallest absolute Gasteiger partial charge is 0.173 e. The zero-order chi connectivity index (χ0) is 21.6. The summed E-state index contributed by atoms with van der Waals surface area (Å²) >= 11 is 5.89. The minimum atomic E-state index is 0.782. The van der Waals surface area contributed by atoms with Gasteiger partial charge in [0.1, 0.15) is 0 Å². The van der Waals surface area contributed by atoms with E-state index in [4.69, 9.17) is 17.0 Å². The molecular formula is C25H32N4OS. The van der Waals surface area contributed by atoms with Crippen molar-refractivity contribution in [2.75, 3.05) is 44.7 Å². The normalized spacial score (nSPS) is 14.6. The van der Waals surface area contributed by atoms with E-state index in [0.717, 1.165) is 63.2 Å². The molecule has 2 heterocycles. The lowest BCUT2D eigenvalue weighted by molar-refractivity contribution is 0.0368. The summed E-state index contributed by atoms with van der Waals surface area (Å²) in [6.45, 7) is 8.62. The van der Waals surface area contributed by atoms with E-state index in [1.165, 1.54) is 22.0 Å². The molecular weight excluding hydrogens is 404 g/mol. The SMILES string of the molecule is Cc1ccccc1NC(=S)N(CCCN1CCOCC1)Cc1cn(C)c2ccccc12. The first-order valence-electron chi connectivity index (χ1n) is 11.1. The maximum Gasteiger partial charge on any atom is 0.173 e. The summed E-state index contributed by atoms with van der Waals surface area (Å²) in [5.41, 5.74) is 4.83. The van der Waals surface area contributed by atoms with Crippen LogP contribution in [0.15, 0.2) is 54.7 Å². The van der Waals surface area contributed by atoms with Crippen molar-refractivity contribution < 1.29 is 4.74 Å². The van der Waals surface area contributed by atoms with Crippen molar-refractivity contribution in [2.24, 2.45) is 7.05 Å². The number of para-hydroxylation sites is 2. The van der Waals surface area contributed by atoms with Gasteiger partial charge in [-0.15, -0.1) is 0 Å². The lowest BCUT2D eigenvalue weighted by Crippen LogP contribution is -2.40.